The van der Waals surface area contributed by atoms with Crippen LogP contribution in [0.1, 0.15) is 27.2 Å². The zero-order valence-corrected chi connectivity index (χ0v) is 12.9. The molecular weight excluding hydrogens is 280 g/mol. The molecule has 114 valence electrons. The number of nitrogens with zero attached hydrogens (tertiary/aromatic N) is 1. The average Bonchev–Trinajstić information content (AvgIpc) is 2.86. The monoisotopic (exact) mass is 302 g/mol. The zero-order valence-electron chi connectivity index (χ0n) is 12.1. The lowest BCUT2D eigenvalue weighted by Crippen LogP contribution is -2.64. The summed E-state index contributed by atoms with van der Waals surface area (Å²) in [5, 5.41) is 12.0. The Morgan fingerprint density at radius 2 is 2.20 bits per heavy atom. The fraction of sp³-hybridized carbons (Fsp3) is 0.846. The van der Waals surface area contributed by atoms with E-state index < -0.39 is 12.0 Å². The van der Waals surface area contributed by atoms with Crippen molar-refractivity contribution >= 4 is 23.8 Å². The van der Waals surface area contributed by atoms with E-state index in [0.29, 0.717) is 18.2 Å². The first kappa shape index (κ1) is 15.4. The van der Waals surface area contributed by atoms with E-state index in [4.69, 9.17) is 9.84 Å². The van der Waals surface area contributed by atoms with Crippen molar-refractivity contribution in [2.75, 3.05) is 18.2 Å². The van der Waals surface area contributed by atoms with Gasteiger partial charge in [-0.25, -0.2) is 9.59 Å². The summed E-state index contributed by atoms with van der Waals surface area (Å²) in [6.07, 6.45) is 0.937. The van der Waals surface area contributed by atoms with Gasteiger partial charge in [-0.15, -0.1) is 11.8 Å². The number of carboxylic acid groups (broad SMARTS) is 1. The van der Waals surface area contributed by atoms with E-state index in [1.54, 1.807) is 0 Å². The Kier molecular flexibility index (Phi) is 4.49. The number of urea groups is 1. The molecule has 0 aromatic carbocycles. The molecule has 1 heterocycles. The van der Waals surface area contributed by atoms with Gasteiger partial charge >= 0.3 is 12.0 Å². The van der Waals surface area contributed by atoms with Crippen molar-refractivity contribution in [1.29, 1.82) is 0 Å². The smallest absolute Gasteiger partial charge is 0.327 e. The van der Waals surface area contributed by atoms with Crippen molar-refractivity contribution in [3.05, 3.63) is 0 Å². The summed E-state index contributed by atoms with van der Waals surface area (Å²) in [6.45, 7) is 6.75. The van der Waals surface area contributed by atoms with Gasteiger partial charge in [0.05, 0.1) is 12.0 Å². The van der Waals surface area contributed by atoms with E-state index in [1.165, 1.54) is 16.7 Å². The van der Waals surface area contributed by atoms with Gasteiger partial charge in [0, 0.05) is 23.8 Å². The van der Waals surface area contributed by atoms with Crippen LogP contribution in [0.2, 0.25) is 0 Å². The molecule has 1 saturated carbocycles. The Hall–Kier alpha value is -0.950. The fourth-order valence-corrected chi connectivity index (χ4v) is 3.84. The third-order valence-electron chi connectivity index (χ3n) is 4.27. The molecule has 0 aromatic rings. The van der Waals surface area contributed by atoms with Gasteiger partial charge in [-0.3, -0.25) is 0 Å². The molecule has 6 nitrogen and oxygen atoms in total. The molecule has 1 saturated heterocycles. The van der Waals surface area contributed by atoms with Gasteiger partial charge in [0.25, 0.3) is 0 Å². The number of carbonyl (C=O) groups excluding carboxylic acids is 1. The Labute approximate surface area is 123 Å². The highest BCUT2D eigenvalue weighted by atomic mass is 32.2. The molecule has 0 bridgehead atoms. The summed E-state index contributed by atoms with van der Waals surface area (Å²) in [5.41, 5.74) is -0.114. The Morgan fingerprint density at radius 1 is 1.50 bits per heavy atom. The predicted molar refractivity (Wildman–Crippen MR) is 76.7 cm³/mol. The second-order valence-corrected chi connectivity index (χ2v) is 6.83. The van der Waals surface area contributed by atoms with E-state index >= 15 is 0 Å². The number of thioether (sulfide) groups is 1. The standard InChI is InChI=1S/C13H22N2O4S/c1-4-19-10-5-9(13(10,2)3)14-12(18)15-7-20-6-8(15)11(16)17/h8-10H,4-7H2,1-3H3,(H,14,18)(H,16,17). The van der Waals surface area contributed by atoms with Crippen molar-refractivity contribution < 1.29 is 19.4 Å². The van der Waals surface area contributed by atoms with Gasteiger partial charge in [0.15, 0.2) is 0 Å². The summed E-state index contributed by atoms with van der Waals surface area (Å²) in [4.78, 5) is 24.7. The summed E-state index contributed by atoms with van der Waals surface area (Å²) in [5.74, 6) is -0.0475. The van der Waals surface area contributed by atoms with Crippen LogP contribution in [-0.4, -0.2) is 58.4 Å². The van der Waals surface area contributed by atoms with Gasteiger partial charge in [-0.05, 0) is 13.3 Å². The van der Waals surface area contributed by atoms with E-state index in [9.17, 15) is 9.59 Å². The van der Waals surface area contributed by atoms with Crippen LogP contribution in [0, 0.1) is 5.41 Å². The van der Waals surface area contributed by atoms with Crippen molar-refractivity contribution in [3.63, 3.8) is 0 Å². The largest absolute Gasteiger partial charge is 0.480 e. The van der Waals surface area contributed by atoms with Crippen LogP contribution in [0.5, 0.6) is 0 Å². The number of amides is 2. The predicted octanol–water partition coefficient (Wildman–Crippen LogP) is 1.36. The zero-order chi connectivity index (χ0) is 14.9. The van der Waals surface area contributed by atoms with Crippen molar-refractivity contribution in [3.8, 4) is 0 Å². The highest BCUT2D eigenvalue weighted by Crippen LogP contribution is 2.42. The lowest BCUT2D eigenvalue weighted by atomic mass is 9.64. The second-order valence-electron chi connectivity index (χ2n) is 5.83. The minimum absolute atomic E-state index is 0.0339. The number of carbonyl (C=O) groups is 2. The maximum absolute atomic E-state index is 12.2. The molecule has 3 unspecified atom stereocenters. The van der Waals surface area contributed by atoms with Crippen LogP contribution >= 0.6 is 11.8 Å². The van der Waals surface area contributed by atoms with Crippen molar-refractivity contribution in [2.24, 2.45) is 5.41 Å². The van der Waals surface area contributed by atoms with Gasteiger partial charge in [0.2, 0.25) is 0 Å². The van der Waals surface area contributed by atoms with Crippen LogP contribution < -0.4 is 5.32 Å². The summed E-state index contributed by atoms with van der Waals surface area (Å²) in [7, 11) is 0. The number of ether oxygens (including phenoxy) is 1. The number of rotatable bonds is 4. The van der Waals surface area contributed by atoms with E-state index in [2.05, 4.69) is 19.2 Å². The Bertz CT molecular complexity index is 402. The van der Waals surface area contributed by atoms with Crippen LogP contribution in [-0.2, 0) is 9.53 Å². The molecule has 2 amide bonds. The third-order valence-corrected chi connectivity index (χ3v) is 5.28. The molecule has 2 rings (SSSR count). The van der Waals surface area contributed by atoms with Crippen molar-refractivity contribution in [2.45, 2.75) is 45.4 Å². The molecule has 0 radical (unpaired) electrons. The van der Waals surface area contributed by atoms with E-state index in [-0.39, 0.29) is 23.6 Å². The maximum Gasteiger partial charge on any atom is 0.327 e. The minimum Gasteiger partial charge on any atom is -0.480 e. The highest BCUT2D eigenvalue weighted by Gasteiger charge is 2.50. The highest BCUT2D eigenvalue weighted by molar-refractivity contribution is 7.99. The molecule has 2 N–H and O–H groups in total. The van der Waals surface area contributed by atoms with Gasteiger partial charge in [-0.1, -0.05) is 13.8 Å². The molecule has 0 aromatic heterocycles. The number of carboxylic acids is 1. The Morgan fingerprint density at radius 3 is 2.75 bits per heavy atom. The van der Waals surface area contributed by atoms with Crippen LogP contribution in [0.15, 0.2) is 0 Å². The molecule has 1 aliphatic heterocycles. The molecule has 0 spiro atoms. The lowest BCUT2D eigenvalue weighted by Gasteiger charge is -2.51. The molecule has 2 aliphatic rings. The third kappa shape index (κ3) is 2.74. The second kappa shape index (κ2) is 5.81. The first-order chi connectivity index (χ1) is 9.37. The number of aliphatic carboxylic acids is 1. The summed E-state index contributed by atoms with van der Waals surface area (Å²) >= 11 is 1.47. The number of nitrogens with one attached hydrogen (secondary N) is 1. The first-order valence-electron chi connectivity index (χ1n) is 6.87. The molecule has 1 aliphatic carbocycles. The Balaban J connectivity index is 1.91. The molecule has 2 fully saturated rings. The van der Waals surface area contributed by atoms with Crippen LogP contribution in [0.3, 0.4) is 0 Å². The fourth-order valence-electron chi connectivity index (χ4n) is 2.69. The van der Waals surface area contributed by atoms with Gasteiger partial charge in [0.1, 0.15) is 6.04 Å². The van der Waals surface area contributed by atoms with Crippen LogP contribution in [0.25, 0.3) is 0 Å². The van der Waals surface area contributed by atoms with Crippen LogP contribution in [0.4, 0.5) is 4.79 Å². The minimum atomic E-state index is -0.940. The average molecular weight is 302 g/mol. The van der Waals surface area contributed by atoms with Crippen molar-refractivity contribution in [1.82, 2.24) is 10.2 Å². The number of hydrogen-bond donors (Lipinski definition) is 2. The SMILES string of the molecule is CCOC1CC(NC(=O)N2CSCC2C(=O)O)C1(C)C. The normalized spacial score (nSPS) is 31.8. The molecule has 20 heavy (non-hydrogen) atoms. The van der Waals surface area contributed by atoms with Gasteiger partial charge in [-0.2, -0.15) is 0 Å². The summed E-state index contributed by atoms with van der Waals surface area (Å²) in [6, 6.07) is -0.965. The van der Waals surface area contributed by atoms with E-state index in [1.807, 2.05) is 6.92 Å². The first-order valence-corrected chi connectivity index (χ1v) is 8.02. The lowest BCUT2D eigenvalue weighted by molar-refractivity contribution is -0.141. The molecule has 3 atom stereocenters. The maximum atomic E-state index is 12.2. The van der Waals surface area contributed by atoms with Gasteiger partial charge < -0.3 is 20.1 Å². The number of hydrogen-bond acceptors (Lipinski definition) is 4. The topological polar surface area (TPSA) is 78.9 Å². The molecule has 7 heteroatoms. The quantitative estimate of drug-likeness (QED) is 0.820. The summed E-state index contributed by atoms with van der Waals surface area (Å²) < 4.78 is 5.63. The van der Waals surface area contributed by atoms with E-state index in [0.717, 1.165) is 6.42 Å². The molecular formula is C13H22N2O4S.